The van der Waals surface area contributed by atoms with E-state index in [4.69, 9.17) is 5.73 Å². The van der Waals surface area contributed by atoms with Crippen molar-refractivity contribution in [3.05, 3.63) is 45.7 Å². The third kappa shape index (κ3) is 3.23. The zero-order valence-electron chi connectivity index (χ0n) is 11.1. The molecule has 3 N–H and O–H groups in total. The van der Waals surface area contributed by atoms with Crippen LogP contribution in [0.1, 0.15) is 23.9 Å². The van der Waals surface area contributed by atoms with E-state index in [9.17, 15) is 0 Å². The van der Waals surface area contributed by atoms with Crippen molar-refractivity contribution in [2.24, 2.45) is 0 Å². The Morgan fingerprint density at radius 3 is 2.68 bits per heavy atom. The topological polar surface area (TPSA) is 63.8 Å². The first-order chi connectivity index (χ1) is 9.11. The molecule has 2 rings (SSSR count). The number of aryl methyl sites for hydroxylation is 1. The Balaban J connectivity index is 2.20. The molecule has 0 aliphatic rings. The number of hydrogen-bond acceptors (Lipinski definition) is 4. The van der Waals surface area contributed by atoms with Crippen LogP contribution in [0.4, 0.5) is 11.6 Å². The van der Waals surface area contributed by atoms with Gasteiger partial charge in [0.1, 0.15) is 17.5 Å². The van der Waals surface area contributed by atoms with Gasteiger partial charge >= 0.3 is 0 Å². The standard InChI is InChI=1S/C14H17BrN4/c1-3-12-18-13(16)9(2)14(19-12)17-8-10-6-4-5-7-11(10)15/h4-7H,3,8H2,1-2H3,(H3,16,17,18,19). The summed E-state index contributed by atoms with van der Waals surface area (Å²) in [4.78, 5) is 8.72. The minimum absolute atomic E-state index is 0.543. The minimum atomic E-state index is 0.543. The van der Waals surface area contributed by atoms with Crippen LogP contribution in [-0.4, -0.2) is 9.97 Å². The predicted octanol–water partition coefficient (Wildman–Crippen LogP) is 3.30. The maximum absolute atomic E-state index is 5.90. The summed E-state index contributed by atoms with van der Waals surface area (Å²) in [6.45, 7) is 4.64. The SMILES string of the molecule is CCc1nc(N)c(C)c(NCc2ccccc2Br)n1. The fraction of sp³-hybridized carbons (Fsp3) is 0.286. The van der Waals surface area contributed by atoms with Gasteiger partial charge in [0.15, 0.2) is 0 Å². The highest BCUT2D eigenvalue weighted by Crippen LogP contribution is 2.20. The Kier molecular flexibility index (Phi) is 4.37. The third-order valence-corrected chi connectivity index (χ3v) is 3.72. The summed E-state index contributed by atoms with van der Waals surface area (Å²) >= 11 is 3.53. The maximum atomic E-state index is 5.90. The lowest BCUT2D eigenvalue weighted by molar-refractivity contribution is 0.928. The average molecular weight is 321 g/mol. The highest BCUT2D eigenvalue weighted by molar-refractivity contribution is 9.10. The van der Waals surface area contributed by atoms with Crippen LogP contribution in [0.15, 0.2) is 28.7 Å². The third-order valence-electron chi connectivity index (χ3n) is 2.95. The van der Waals surface area contributed by atoms with Crippen LogP contribution in [0.5, 0.6) is 0 Å². The Bertz CT molecular complexity index is 584. The lowest BCUT2D eigenvalue weighted by Crippen LogP contribution is -2.09. The molecule has 100 valence electrons. The number of hydrogen-bond donors (Lipinski definition) is 2. The number of nitrogens with two attached hydrogens (primary N) is 1. The van der Waals surface area contributed by atoms with E-state index >= 15 is 0 Å². The summed E-state index contributed by atoms with van der Waals surface area (Å²) in [5.41, 5.74) is 7.97. The lowest BCUT2D eigenvalue weighted by Gasteiger charge is -2.12. The molecule has 0 spiro atoms. The van der Waals surface area contributed by atoms with Crippen LogP contribution < -0.4 is 11.1 Å². The zero-order valence-corrected chi connectivity index (χ0v) is 12.7. The van der Waals surface area contributed by atoms with E-state index in [1.807, 2.05) is 32.0 Å². The number of aromatic nitrogens is 2. The first-order valence-corrected chi connectivity index (χ1v) is 7.01. The number of nitrogens with zero attached hydrogens (tertiary/aromatic N) is 2. The number of halogens is 1. The zero-order chi connectivity index (χ0) is 13.8. The summed E-state index contributed by atoms with van der Waals surface area (Å²) in [5, 5.41) is 3.32. The smallest absolute Gasteiger partial charge is 0.135 e. The van der Waals surface area contributed by atoms with Crippen molar-refractivity contribution in [2.75, 3.05) is 11.1 Å². The molecule has 0 fully saturated rings. The molecular formula is C14H17BrN4. The fourth-order valence-electron chi connectivity index (χ4n) is 1.73. The molecule has 0 aliphatic carbocycles. The van der Waals surface area contributed by atoms with Gasteiger partial charge in [-0.1, -0.05) is 41.1 Å². The molecule has 0 amide bonds. The van der Waals surface area contributed by atoms with E-state index in [0.717, 1.165) is 28.1 Å². The number of rotatable bonds is 4. The molecular weight excluding hydrogens is 304 g/mol. The largest absolute Gasteiger partial charge is 0.383 e. The fourth-order valence-corrected chi connectivity index (χ4v) is 2.16. The molecule has 0 saturated carbocycles. The molecule has 1 aromatic heterocycles. The summed E-state index contributed by atoms with van der Waals surface area (Å²) in [7, 11) is 0. The van der Waals surface area contributed by atoms with Gasteiger partial charge in [0, 0.05) is 23.0 Å². The lowest BCUT2D eigenvalue weighted by atomic mass is 10.2. The van der Waals surface area contributed by atoms with Gasteiger partial charge in [0.25, 0.3) is 0 Å². The van der Waals surface area contributed by atoms with Crippen molar-refractivity contribution in [3.63, 3.8) is 0 Å². The van der Waals surface area contributed by atoms with Crippen molar-refractivity contribution in [1.82, 2.24) is 9.97 Å². The number of benzene rings is 1. The maximum Gasteiger partial charge on any atom is 0.135 e. The van der Waals surface area contributed by atoms with Crippen molar-refractivity contribution in [2.45, 2.75) is 26.8 Å². The van der Waals surface area contributed by atoms with Gasteiger partial charge in [-0.25, -0.2) is 9.97 Å². The molecule has 19 heavy (non-hydrogen) atoms. The first-order valence-electron chi connectivity index (χ1n) is 6.22. The molecule has 1 heterocycles. The van der Waals surface area contributed by atoms with Crippen molar-refractivity contribution in [1.29, 1.82) is 0 Å². The molecule has 0 radical (unpaired) electrons. The predicted molar refractivity (Wildman–Crippen MR) is 82.0 cm³/mol. The van der Waals surface area contributed by atoms with Gasteiger partial charge in [0.2, 0.25) is 0 Å². The Morgan fingerprint density at radius 1 is 1.26 bits per heavy atom. The van der Waals surface area contributed by atoms with E-state index in [-0.39, 0.29) is 0 Å². The van der Waals surface area contributed by atoms with Crippen LogP contribution in [0.2, 0.25) is 0 Å². The highest BCUT2D eigenvalue weighted by atomic mass is 79.9. The molecule has 0 bridgehead atoms. The second-order valence-corrected chi connectivity index (χ2v) is 5.15. The van der Waals surface area contributed by atoms with E-state index < -0.39 is 0 Å². The number of nitrogens with one attached hydrogen (secondary N) is 1. The molecule has 0 unspecified atom stereocenters. The minimum Gasteiger partial charge on any atom is -0.383 e. The molecule has 1 aromatic carbocycles. The molecule has 0 atom stereocenters. The summed E-state index contributed by atoms with van der Waals surface area (Å²) in [6.07, 6.45) is 0.772. The first kappa shape index (κ1) is 13.8. The van der Waals surface area contributed by atoms with Crippen LogP contribution in [0.3, 0.4) is 0 Å². The van der Waals surface area contributed by atoms with Crippen molar-refractivity contribution in [3.8, 4) is 0 Å². The quantitative estimate of drug-likeness (QED) is 0.907. The summed E-state index contributed by atoms with van der Waals surface area (Å²) in [5.74, 6) is 2.11. The van der Waals surface area contributed by atoms with Gasteiger partial charge in [-0.3, -0.25) is 0 Å². The van der Waals surface area contributed by atoms with Gasteiger partial charge < -0.3 is 11.1 Å². The summed E-state index contributed by atoms with van der Waals surface area (Å²) in [6, 6.07) is 8.10. The number of anilines is 2. The Morgan fingerprint density at radius 2 is 2.00 bits per heavy atom. The summed E-state index contributed by atoms with van der Waals surface area (Å²) < 4.78 is 1.08. The van der Waals surface area contributed by atoms with Gasteiger partial charge in [0.05, 0.1) is 0 Å². The van der Waals surface area contributed by atoms with Crippen LogP contribution in [-0.2, 0) is 13.0 Å². The van der Waals surface area contributed by atoms with E-state index in [1.165, 1.54) is 5.56 Å². The molecule has 4 nitrogen and oxygen atoms in total. The average Bonchev–Trinajstić information content (AvgIpc) is 2.42. The Hall–Kier alpha value is -1.62. The molecule has 0 saturated heterocycles. The van der Waals surface area contributed by atoms with E-state index in [1.54, 1.807) is 0 Å². The van der Waals surface area contributed by atoms with Gasteiger partial charge in [-0.2, -0.15) is 0 Å². The Labute approximate surface area is 121 Å². The molecule has 5 heteroatoms. The van der Waals surface area contributed by atoms with Gasteiger partial charge in [-0.05, 0) is 18.6 Å². The van der Waals surface area contributed by atoms with E-state index in [2.05, 4.69) is 37.3 Å². The second-order valence-electron chi connectivity index (χ2n) is 4.30. The molecule has 2 aromatic rings. The number of nitrogen functional groups attached to an aromatic ring is 1. The van der Waals surface area contributed by atoms with Crippen molar-refractivity contribution >= 4 is 27.6 Å². The van der Waals surface area contributed by atoms with Crippen molar-refractivity contribution < 1.29 is 0 Å². The normalized spacial score (nSPS) is 10.5. The van der Waals surface area contributed by atoms with Crippen LogP contribution >= 0.6 is 15.9 Å². The van der Waals surface area contributed by atoms with Gasteiger partial charge in [-0.15, -0.1) is 0 Å². The molecule has 0 aliphatic heterocycles. The highest BCUT2D eigenvalue weighted by Gasteiger charge is 2.08. The monoisotopic (exact) mass is 320 g/mol. The van der Waals surface area contributed by atoms with E-state index in [0.29, 0.717) is 12.4 Å². The second kappa shape index (κ2) is 6.02. The van der Waals surface area contributed by atoms with Crippen LogP contribution in [0.25, 0.3) is 0 Å². The van der Waals surface area contributed by atoms with Crippen LogP contribution in [0, 0.1) is 6.92 Å².